The van der Waals surface area contributed by atoms with Crippen LogP contribution >= 0.6 is 0 Å². The van der Waals surface area contributed by atoms with E-state index in [2.05, 4.69) is 10.3 Å². The van der Waals surface area contributed by atoms with E-state index in [4.69, 9.17) is 9.15 Å². The van der Waals surface area contributed by atoms with Gasteiger partial charge in [0.1, 0.15) is 29.5 Å². The number of aromatic nitrogens is 2. The molecule has 0 bridgehead atoms. The highest BCUT2D eigenvalue weighted by atomic mass is 16.5. The van der Waals surface area contributed by atoms with E-state index in [1.807, 2.05) is 79.0 Å². The number of carbonyl (C=O) groups excluding carboxylic acids is 1. The van der Waals surface area contributed by atoms with Gasteiger partial charge in [-0.2, -0.15) is 0 Å². The third-order valence-corrected chi connectivity index (χ3v) is 4.34. The number of fused-ring (bicyclic) bond motifs is 1. The van der Waals surface area contributed by atoms with Gasteiger partial charge >= 0.3 is 0 Å². The summed E-state index contributed by atoms with van der Waals surface area (Å²) in [5.41, 5.74) is 3.40. The van der Waals surface area contributed by atoms with Gasteiger partial charge in [-0.15, -0.1) is 0 Å². The van der Waals surface area contributed by atoms with E-state index in [0.29, 0.717) is 23.9 Å². The molecule has 28 heavy (non-hydrogen) atoms. The van der Waals surface area contributed by atoms with Crippen LogP contribution < -0.4 is 5.32 Å². The lowest BCUT2D eigenvalue weighted by atomic mass is 10.2. The number of nitrogens with one attached hydrogen (secondary N) is 1. The van der Waals surface area contributed by atoms with E-state index in [0.717, 1.165) is 22.5 Å². The maximum atomic E-state index is 12.5. The van der Waals surface area contributed by atoms with Gasteiger partial charge in [0.15, 0.2) is 5.76 Å². The molecular formula is C22H21N3O3. The third kappa shape index (κ3) is 3.82. The number of hydrogen-bond donors (Lipinski definition) is 1. The maximum absolute atomic E-state index is 12.5. The van der Waals surface area contributed by atoms with Crippen molar-refractivity contribution in [1.82, 2.24) is 9.38 Å². The number of hydrogen-bond acceptors (Lipinski definition) is 4. The first-order valence-corrected chi connectivity index (χ1v) is 9.07. The first kappa shape index (κ1) is 18.0. The summed E-state index contributed by atoms with van der Waals surface area (Å²) in [6, 6.07) is 17.4. The summed E-state index contributed by atoms with van der Waals surface area (Å²) in [7, 11) is 0. The Hall–Kier alpha value is -3.38. The second-order valence-corrected chi connectivity index (χ2v) is 6.68. The molecule has 0 spiro atoms. The van der Waals surface area contributed by atoms with Crippen LogP contribution in [0.1, 0.15) is 16.9 Å². The van der Waals surface area contributed by atoms with Crippen LogP contribution in [-0.4, -0.2) is 21.9 Å². The Labute approximate surface area is 162 Å². The maximum Gasteiger partial charge on any atom is 0.251 e. The number of furan rings is 1. The standard InChI is InChI=1S/C22H21N3O3/c1-15-8-11-19-23-21(18-10-9-16(2)28-18)22(25(19)12-15)24-20(26)14-27-13-17-6-4-3-5-7-17/h3-12H,13-14H2,1-2H3,(H,24,26). The molecule has 6 nitrogen and oxygen atoms in total. The van der Waals surface area contributed by atoms with Crippen LogP contribution in [0.4, 0.5) is 5.82 Å². The molecule has 1 aromatic carbocycles. The molecule has 0 aliphatic carbocycles. The lowest BCUT2D eigenvalue weighted by molar-refractivity contribution is -0.121. The number of nitrogens with zero attached hydrogens (tertiary/aromatic N) is 2. The van der Waals surface area contributed by atoms with Crippen molar-refractivity contribution in [3.63, 3.8) is 0 Å². The van der Waals surface area contributed by atoms with Crippen LogP contribution in [0.5, 0.6) is 0 Å². The van der Waals surface area contributed by atoms with E-state index < -0.39 is 0 Å². The van der Waals surface area contributed by atoms with E-state index in [-0.39, 0.29) is 12.5 Å². The van der Waals surface area contributed by atoms with Crippen molar-refractivity contribution in [2.75, 3.05) is 11.9 Å². The van der Waals surface area contributed by atoms with Gasteiger partial charge < -0.3 is 14.5 Å². The van der Waals surface area contributed by atoms with Gasteiger partial charge in [-0.25, -0.2) is 4.98 Å². The molecule has 0 fully saturated rings. The molecule has 0 saturated carbocycles. The highest BCUT2D eigenvalue weighted by molar-refractivity contribution is 5.94. The Kier molecular flexibility index (Phi) is 4.95. The van der Waals surface area contributed by atoms with Gasteiger partial charge in [-0.3, -0.25) is 9.20 Å². The molecule has 142 valence electrons. The average Bonchev–Trinajstić information content (AvgIpc) is 3.26. The third-order valence-electron chi connectivity index (χ3n) is 4.34. The molecule has 3 heterocycles. The van der Waals surface area contributed by atoms with Crippen molar-refractivity contribution in [3.8, 4) is 11.5 Å². The summed E-state index contributed by atoms with van der Waals surface area (Å²) < 4.78 is 13.1. The van der Waals surface area contributed by atoms with E-state index >= 15 is 0 Å². The molecule has 0 aliphatic heterocycles. The zero-order chi connectivity index (χ0) is 19.5. The molecule has 1 amide bonds. The monoisotopic (exact) mass is 375 g/mol. The van der Waals surface area contributed by atoms with Gasteiger partial charge in [0, 0.05) is 6.20 Å². The zero-order valence-electron chi connectivity index (χ0n) is 15.8. The number of imidazole rings is 1. The fourth-order valence-electron chi connectivity index (χ4n) is 3.01. The molecule has 4 aromatic rings. The summed E-state index contributed by atoms with van der Waals surface area (Å²) in [5.74, 6) is 1.72. The number of rotatable bonds is 6. The number of pyridine rings is 1. The van der Waals surface area contributed by atoms with Crippen LogP contribution in [0.3, 0.4) is 0 Å². The Morgan fingerprint density at radius 1 is 1.11 bits per heavy atom. The van der Waals surface area contributed by atoms with Crippen LogP contribution in [0.25, 0.3) is 17.1 Å². The number of amides is 1. The lowest BCUT2D eigenvalue weighted by Crippen LogP contribution is -2.19. The van der Waals surface area contributed by atoms with Crippen LogP contribution in [-0.2, 0) is 16.1 Å². The van der Waals surface area contributed by atoms with E-state index in [9.17, 15) is 4.79 Å². The van der Waals surface area contributed by atoms with Gasteiger partial charge in [0.2, 0.25) is 0 Å². The Morgan fingerprint density at radius 3 is 2.68 bits per heavy atom. The van der Waals surface area contributed by atoms with Crippen molar-refractivity contribution in [2.24, 2.45) is 0 Å². The number of benzene rings is 1. The molecule has 0 atom stereocenters. The van der Waals surface area contributed by atoms with Crippen molar-refractivity contribution < 1.29 is 13.9 Å². The Balaban J connectivity index is 1.56. The lowest BCUT2D eigenvalue weighted by Gasteiger charge is -2.08. The molecule has 4 rings (SSSR count). The number of ether oxygens (including phenoxy) is 1. The fourth-order valence-corrected chi connectivity index (χ4v) is 3.01. The molecule has 3 aromatic heterocycles. The predicted molar refractivity (Wildman–Crippen MR) is 107 cm³/mol. The largest absolute Gasteiger partial charge is 0.460 e. The molecule has 6 heteroatoms. The SMILES string of the molecule is Cc1ccc2nc(-c3ccc(C)o3)c(NC(=O)COCc3ccccc3)n2c1. The summed E-state index contributed by atoms with van der Waals surface area (Å²) in [4.78, 5) is 17.1. The van der Waals surface area contributed by atoms with E-state index in [1.54, 1.807) is 0 Å². The smallest absolute Gasteiger partial charge is 0.251 e. The average molecular weight is 375 g/mol. The fraction of sp³-hybridized carbons (Fsp3) is 0.182. The van der Waals surface area contributed by atoms with Crippen LogP contribution in [0, 0.1) is 13.8 Å². The molecule has 0 aliphatic rings. The number of aryl methyl sites for hydroxylation is 2. The van der Waals surface area contributed by atoms with Gasteiger partial charge in [0.25, 0.3) is 5.91 Å². The van der Waals surface area contributed by atoms with Gasteiger partial charge in [-0.1, -0.05) is 36.4 Å². The topological polar surface area (TPSA) is 68.8 Å². The minimum Gasteiger partial charge on any atom is -0.460 e. The second-order valence-electron chi connectivity index (χ2n) is 6.68. The zero-order valence-corrected chi connectivity index (χ0v) is 15.8. The van der Waals surface area contributed by atoms with Crippen LogP contribution in [0.15, 0.2) is 65.2 Å². The van der Waals surface area contributed by atoms with Crippen molar-refractivity contribution in [2.45, 2.75) is 20.5 Å². The molecular weight excluding hydrogens is 354 g/mol. The first-order valence-electron chi connectivity index (χ1n) is 9.07. The molecule has 0 radical (unpaired) electrons. The van der Waals surface area contributed by atoms with Crippen molar-refractivity contribution in [1.29, 1.82) is 0 Å². The first-order chi connectivity index (χ1) is 13.6. The molecule has 1 N–H and O–H groups in total. The number of carbonyl (C=O) groups is 1. The highest BCUT2D eigenvalue weighted by Gasteiger charge is 2.19. The van der Waals surface area contributed by atoms with Crippen molar-refractivity contribution >= 4 is 17.4 Å². The second kappa shape index (κ2) is 7.70. The minimum absolute atomic E-state index is 0.0510. The Morgan fingerprint density at radius 2 is 1.93 bits per heavy atom. The van der Waals surface area contributed by atoms with Gasteiger partial charge in [0.05, 0.1) is 6.61 Å². The summed E-state index contributed by atoms with van der Waals surface area (Å²) in [6.45, 7) is 4.19. The summed E-state index contributed by atoms with van der Waals surface area (Å²) >= 11 is 0. The van der Waals surface area contributed by atoms with E-state index in [1.165, 1.54) is 0 Å². The molecule has 0 saturated heterocycles. The predicted octanol–water partition coefficient (Wildman–Crippen LogP) is 4.37. The normalized spacial score (nSPS) is 11.1. The minimum atomic E-state index is -0.247. The van der Waals surface area contributed by atoms with Crippen molar-refractivity contribution in [3.05, 3.63) is 77.7 Å². The van der Waals surface area contributed by atoms with Gasteiger partial charge in [-0.05, 0) is 43.2 Å². The quantitative estimate of drug-likeness (QED) is 0.543. The summed E-state index contributed by atoms with van der Waals surface area (Å²) in [6.07, 6.45) is 1.93. The highest BCUT2D eigenvalue weighted by Crippen LogP contribution is 2.30. The van der Waals surface area contributed by atoms with Crippen LogP contribution in [0.2, 0.25) is 0 Å². The molecule has 0 unspecified atom stereocenters. The summed E-state index contributed by atoms with van der Waals surface area (Å²) in [5, 5.41) is 2.93. The Bertz CT molecular complexity index is 1110. The number of anilines is 1.